The molecule has 0 spiro atoms. The summed E-state index contributed by atoms with van der Waals surface area (Å²) in [6.45, 7) is 2.33. The van der Waals surface area contributed by atoms with Crippen LogP contribution in [-0.4, -0.2) is 50.5 Å². The molecule has 0 bridgehead atoms. The molecule has 0 amide bonds. The monoisotopic (exact) mass is 286 g/mol. The van der Waals surface area contributed by atoms with Gasteiger partial charge in [0, 0.05) is 27.2 Å². The SMILES string of the molecule is CC(=O)c1ccc[n+](CCN(C)S(=O)(=O)N(C)C)c1. The first-order valence-electron chi connectivity index (χ1n) is 5.89. The maximum Gasteiger partial charge on any atom is 0.281 e. The minimum absolute atomic E-state index is 0.0105. The number of hydrogen-bond acceptors (Lipinski definition) is 3. The van der Waals surface area contributed by atoms with Crippen molar-refractivity contribution in [2.75, 3.05) is 27.7 Å². The minimum Gasteiger partial charge on any atom is -0.294 e. The Morgan fingerprint density at radius 3 is 2.47 bits per heavy atom. The van der Waals surface area contributed by atoms with E-state index in [0.717, 1.165) is 0 Å². The molecule has 7 heteroatoms. The lowest BCUT2D eigenvalue weighted by Crippen LogP contribution is -2.44. The zero-order valence-corrected chi connectivity index (χ0v) is 12.5. The van der Waals surface area contributed by atoms with Gasteiger partial charge in [-0.25, -0.2) is 4.57 Å². The number of rotatable bonds is 6. The summed E-state index contributed by atoms with van der Waals surface area (Å²) in [7, 11) is 1.14. The Labute approximate surface area is 114 Å². The van der Waals surface area contributed by atoms with Crippen LogP contribution >= 0.6 is 0 Å². The van der Waals surface area contributed by atoms with Crippen LogP contribution in [0.25, 0.3) is 0 Å². The lowest BCUT2D eigenvalue weighted by molar-refractivity contribution is -0.696. The van der Waals surface area contributed by atoms with Gasteiger partial charge in [-0.1, -0.05) is 0 Å². The van der Waals surface area contributed by atoms with Gasteiger partial charge in [0.2, 0.25) is 0 Å². The van der Waals surface area contributed by atoms with Gasteiger partial charge in [-0.3, -0.25) is 4.79 Å². The molecule has 1 heterocycles. The van der Waals surface area contributed by atoms with E-state index in [1.165, 1.54) is 36.7 Å². The highest BCUT2D eigenvalue weighted by atomic mass is 32.2. The molecule has 0 aliphatic carbocycles. The molecule has 0 aromatic carbocycles. The second-order valence-electron chi connectivity index (χ2n) is 4.50. The summed E-state index contributed by atoms with van der Waals surface area (Å²) in [5.41, 5.74) is 0.612. The molecule has 106 valence electrons. The normalized spacial score (nSPS) is 12.1. The first-order chi connectivity index (χ1) is 8.75. The van der Waals surface area contributed by atoms with Gasteiger partial charge in [-0.15, -0.1) is 0 Å². The molecule has 19 heavy (non-hydrogen) atoms. The molecule has 0 atom stereocenters. The van der Waals surface area contributed by atoms with Crippen LogP contribution in [0.2, 0.25) is 0 Å². The van der Waals surface area contributed by atoms with E-state index in [2.05, 4.69) is 0 Å². The maximum absolute atomic E-state index is 11.8. The summed E-state index contributed by atoms with van der Waals surface area (Å²) in [6.07, 6.45) is 3.53. The van der Waals surface area contributed by atoms with E-state index in [-0.39, 0.29) is 5.78 Å². The summed E-state index contributed by atoms with van der Waals surface area (Å²) in [6, 6.07) is 3.51. The fourth-order valence-electron chi connectivity index (χ4n) is 1.52. The quantitative estimate of drug-likeness (QED) is 0.542. The largest absolute Gasteiger partial charge is 0.294 e. The number of carbonyl (C=O) groups is 1. The summed E-state index contributed by atoms with van der Waals surface area (Å²) in [5.74, 6) is -0.0105. The Kier molecular flexibility index (Phi) is 5.16. The predicted molar refractivity (Wildman–Crippen MR) is 71.9 cm³/mol. The molecule has 1 aromatic rings. The summed E-state index contributed by atoms with van der Waals surface area (Å²) in [5, 5.41) is 0. The third-order valence-electron chi connectivity index (χ3n) is 2.79. The van der Waals surface area contributed by atoms with Crippen LogP contribution in [0.3, 0.4) is 0 Å². The van der Waals surface area contributed by atoms with Gasteiger partial charge in [0.1, 0.15) is 0 Å². The van der Waals surface area contributed by atoms with Gasteiger partial charge >= 0.3 is 0 Å². The van der Waals surface area contributed by atoms with Gasteiger partial charge in [-0.2, -0.15) is 17.0 Å². The summed E-state index contributed by atoms with van der Waals surface area (Å²) >= 11 is 0. The topological polar surface area (TPSA) is 61.6 Å². The fraction of sp³-hybridized carbons (Fsp3) is 0.500. The van der Waals surface area contributed by atoms with Crippen LogP contribution in [0.1, 0.15) is 17.3 Å². The van der Waals surface area contributed by atoms with E-state index < -0.39 is 10.2 Å². The van der Waals surface area contributed by atoms with Crippen molar-refractivity contribution in [1.82, 2.24) is 8.61 Å². The molecule has 0 aliphatic heterocycles. The van der Waals surface area contributed by atoms with Crippen molar-refractivity contribution >= 4 is 16.0 Å². The average molecular weight is 286 g/mol. The second-order valence-corrected chi connectivity index (χ2v) is 6.75. The zero-order chi connectivity index (χ0) is 14.6. The number of nitrogens with zero attached hydrogens (tertiary/aromatic N) is 3. The van der Waals surface area contributed by atoms with E-state index in [1.54, 1.807) is 22.9 Å². The lowest BCUT2D eigenvalue weighted by atomic mass is 10.2. The van der Waals surface area contributed by atoms with Crippen molar-refractivity contribution in [3.63, 3.8) is 0 Å². The molecule has 0 fully saturated rings. The molecule has 1 aromatic heterocycles. The van der Waals surface area contributed by atoms with Crippen LogP contribution in [0.5, 0.6) is 0 Å². The fourth-order valence-corrected chi connectivity index (χ4v) is 2.39. The Morgan fingerprint density at radius 1 is 1.32 bits per heavy atom. The van der Waals surface area contributed by atoms with Crippen molar-refractivity contribution in [3.8, 4) is 0 Å². The Hall–Kier alpha value is -1.31. The van der Waals surface area contributed by atoms with Gasteiger partial charge in [0.05, 0.1) is 12.1 Å². The van der Waals surface area contributed by atoms with Crippen LogP contribution < -0.4 is 4.57 Å². The minimum atomic E-state index is -3.39. The molecule has 0 saturated heterocycles. The number of hydrogen-bond donors (Lipinski definition) is 0. The van der Waals surface area contributed by atoms with Crippen LogP contribution in [0, 0.1) is 0 Å². The third-order valence-corrected chi connectivity index (χ3v) is 4.69. The van der Waals surface area contributed by atoms with Crippen molar-refractivity contribution in [3.05, 3.63) is 30.1 Å². The second kappa shape index (κ2) is 6.23. The Bertz CT molecular complexity index is 555. The molecule has 0 unspecified atom stereocenters. The van der Waals surface area contributed by atoms with Crippen molar-refractivity contribution in [2.45, 2.75) is 13.5 Å². The van der Waals surface area contributed by atoms with Crippen LogP contribution in [-0.2, 0) is 16.8 Å². The molecular formula is C12H20N3O3S+. The van der Waals surface area contributed by atoms with E-state index in [1.807, 2.05) is 6.20 Å². The molecule has 6 nitrogen and oxygen atoms in total. The van der Waals surface area contributed by atoms with Crippen molar-refractivity contribution < 1.29 is 17.8 Å². The van der Waals surface area contributed by atoms with Gasteiger partial charge in [-0.05, 0) is 13.0 Å². The van der Waals surface area contributed by atoms with Gasteiger partial charge < -0.3 is 0 Å². The number of ketones is 1. The molecule has 0 aliphatic rings. The number of Topliss-reactive ketones (excluding diaryl/α,β-unsaturated/α-hetero) is 1. The predicted octanol–water partition coefficient (Wildman–Crippen LogP) is -0.0851. The Balaban J connectivity index is 2.72. The van der Waals surface area contributed by atoms with E-state index in [0.29, 0.717) is 18.7 Å². The first-order valence-corrected chi connectivity index (χ1v) is 7.28. The van der Waals surface area contributed by atoms with Gasteiger partial charge in [0.25, 0.3) is 10.2 Å². The smallest absolute Gasteiger partial charge is 0.281 e. The van der Waals surface area contributed by atoms with E-state index in [4.69, 9.17) is 0 Å². The van der Waals surface area contributed by atoms with Crippen molar-refractivity contribution in [1.29, 1.82) is 0 Å². The average Bonchev–Trinajstić information content (AvgIpc) is 2.35. The Morgan fingerprint density at radius 2 is 1.95 bits per heavy atom. The molecule has 0 N–H and O–H groups in total. The molecular weight excluding hydrogens is 266 g/mol. The highest BCUT2D eigenvalue weighted by molar-refractivity contribution is 7.86. The number of pyridine rings is 1. The van der Waals surface area contributed by atoms with Gasteiger partial charge in [0.15, 0.2) is 24.7 Å². The van der Waals surface area contributed by atoms with Crippen LogP contribution in [0.4, 0.5) is 0 Å². The highest BCUT2D eigenvalue weighted by Gasteiger charge is 2.21. The number of carbonyl (C=O) groups excluding carboxylic acids is 1. The lowest BCUT2D eigenvalue weighted by Gasteiger charge is -2.19. The molecule has 0 radical (unpaired) electrons. The van der Waals surface area contributed by atoms with E-state index >= 15 is 0 Å². The maximum atomic E-state index is 11.8. The number of likely N-dealkylation sites (N-methyl/N-ethyl adjacent to an activating group) is 1. The first kappa shape index (κ1) is 15.7. The third kappa shape index (κ3) is 4.09. The van der Waals surface area contributed by atoms with E-state index in [9.17, 15) is 13.2 Å². The summed E-state index contributed by atoms with van der Waals surface area (Å²) < 4.78 is 27.9. The van der Waals surface area contributed by atoms with Crippen molar-refractivity contribution in [2.24, 2.45) is 0 Å². The highest BCUT2D eigenvalue weighted by Crippen LogP contribution is 2.00. The van der Waals surface area contributed by atoms with Crippen LogP contribution in [0.15, 0.2) is 24.5 Å². The summed E-state index contributed by atoms with van der Waals surface area (Å²) in [4.78, 5) is 11.3. The zero-order valence-electron chi connectivity index (χ0n) is 11.7. The standard InChI is InChI=1S/C12H20N3O3S/c1-11(16)12-6-5-7-15(10-12)9-8-14(4)19(17,18)13(2)3/h5-7,10H,8-9H2,1-4H3/q+1. The number of aromatic nitrogens is 1. The molecule has 0 saturated carbocycles. The molecule has 1 rings (SSSR count).